The predicted molar refractivity (Wildman–Crippen MR) is 158 cm³/mol. The van der Waals surface area contributed by atoms with Crippen molar-refractivity contribution in [3.63, 3.8) is 0 Å². The molecule has 0 bridgehead atoms. The summed E-state index contributed by atoms with van der Waals surface area (Å²) >= 11 is 0. The summed E-state index contributed by atoms with van der Waals surface area (Å²) in [7, 11) is 0. The van der Waals surface area contributed by atoms with Gasteiger partial charge in [-0.15, -0.1) is 0 Å². The molecule has 1 saturated heterocycles. The molecule has 0 aliphatic carbocycles. The minimum Gasteiger partial charge on any atom is -0.444 e. The monoisotopic (exact) mass is 543 g/mol. The van der Waals surface area contributed by atoms with Gasteiger partial charge in [-0.3, -0.25) is 9.59 Å². The molecule has 3 aromatic carbocycles. The number of carbonyl (C=O) groups excluding carboxylic acids is 3. The average Bonchev–Trinajstić information content (AvgIpc) is 2.92. The third kappa shape index (κ3) is 7.40. The molecule has 7 nitrogen and oxygen atoms in total. The van der Waals surface area contributed by atoms with Crippen LogP contribution in [-0.4, -0.2) is 54.1 Å². The normalized spacial score (nSPS) is 18.1. The molecule has 0 saturated carbocycles. The van der Waals surface area contributed by atoms with Gasteiger partial charge in [0.25, 0.3) is 0 Å². The summed E-state index contributed by atoms with van der Waals surface area (Å²) in [6.07, 6.45) is 1.60. The van der Waals surface area contributed by atoms with E-state index in [1.54, 1.807) is 25.7 Å². The molecule has 0 aromatic heterocycles. The first-order chi connectivity index (χ1) is 19.1. The minimum atomic E-state index is -0.835. The van der Waals surface area contributed by atoms with Gasteiger partial charge in [-0.2, -0.15) is 0 Å². The summed E-state index contributed by atoms with van der Waals surface area (Å²) in [6, 6.07) is 23.2. The number of ether oxygens (including phenoxy) is 1. The second-order valence-corrected chi connectivity index (χ2v) is 11.7. The second kappa shape index (κ2) is 12.5. The van der Waals surface area contributed by atoms with E-state index in [0.29, 0.717) is 38.8 Å². The number of carbonyl (C=O) groups is 3. The molecule has 2 atom stereocenters. The fourth-order valence-electron chi connectivity index (χ4n) is 5.54. The van der Waals surface area contributed by atoms with E-state index in [2.05, 4.69) is 16.7 Å². The smallest absolute Gasteiger partial charge is 0.408 e. The summed E-state index contributed by atoms with van der Waals surface area (Å²) in [6.45, 7) is 8.62. The first kappa shape index (κ1) is 29.1. The molecule has 212 valence electrons. The molecule has 1 heterocycles. The van der Waals surface area contributed by atoms with E-state index in [1.807, 2.05) is 73.7 Å². The number of hydrogen-bond acceptors (Lipinski definition) is 4. The van der Waals surface area contributed by atoms with E-state index < -0.39 is 23.2 Å². The van der Waals surface area contributed by atoms with E-state index in [9.17, 15) is 14.4 Å². The van der Waals surface area contributed by atoms with Crippen molar-refractivity contribution < 1.29 is 19.1 Å². The molecular formula is C33H41N3O4. The second-order valence-electron chi connectivity index (χ2n) is 11.7. The number of piperidine rings is 1. The van der Waals surface area contributed by atoms with E-state index in [-0.39, 0.29) is 18.4 Å². The van der Waals surface area contributed by atoms with Crippen LogP contribution in [0.4, 0.5) is 4.79 Å². The van der Waals surface area contributed by atoms with Crippen LogP contribution in [0.3, 0.4) is 0 Å². The van der Waals surface area contributed by atoms with Gasteiger partial charge in [0.05, 0.1) is 5.41 Å². The zero-order chi connectivity index (χ0) is 28.8. The largest absolute Gasteiger partial charge is 0.444 e. The number of likely N-dealkylation sites (tertiary alicyclic amines) is 1. The average molecular weight is 544 g/mol. The first-order valence-corrected chi connectivity index (χ1v) is 14.2. The Hall–Kier alpha value is -3.87. The molecule has 3 aromatic rings. The predicted octanol–water partition coefficient (Wildman–Crippen LogP) is 5.26. The van der Waals surface area contributed by atoms with Gasteiger partial charge < -0.3 is 20.3 Å². The number of hydrogen-bond donors (Lipinski definition) is 2. The highest BCUT2D eigenvalue weighted by Crippen LogP contribution is 2.35. The highest BCUT2D eigenvalue weighted by Gasteiger charge is 2.44. The van der Waals surface area contributed by atoms with Gasteiger partial charge in [0.1, 0.15) is 11.6 Å². The quantitative estimate of drug-likeness (QED) is 0.406. The van der Waals surface area contributed by atoms with Crippen LogP contribution in [0.25, 0.3) is 10.8 Å². The third-order valence-electron chi connectivity index (χ3n) is 7.34. The molecule has 7 heteroatoms. The summed E-state index contributed by atoms with van der Waals surface area (Å²) < 4.78 is 5.52. The lowest BCUT2D eigenvalue weighted by Gasteiger charge is -2.43. The Balaban J connectivity index is 1.61. The summed E-state index contributed by atoms with van der Waals surface area (Å²) in [5, 5.41) is 8.04. The number of amides is 3. The molecule has 4 rings (SSSR count). The third-order valence-corrected chi connectivity index (χ3v) is 7.34. The van der Waals surface area contributed by atoms with Crippen molar-refractivity contribution in [2.75, 3.05) is 19.6 Å². The van der Waals surface area contributed by atoms with Crippen LogP contribution < -0.4 is 10.6 Å². The molecule has 1 aliphatic rings. The summed E-state index contributed by atoms with van der Waals surface area (Å²) in [4.78, 5) is 42.2. The number of nitrogens with zero attached hydrogens (tertiary/aromatic N) is 1. The maximum atomic E-state index is 14.1. The Morgan fingerprint density at radius 3 is 2.35 bits per heavy atom. The topological polar surface area (TPSA) is 87.7 Å². The van der Waals surface area contributed by atoms with Crippen molar-refractivity contribution in [3.8, 4) is 0 Å². The lowest BCUT2D eigenvalue weighted by atomic mass is 9.74. The highest BCUT2D eigenvalue weighted by molar-refractivity contribution is 5.89. The Kier molecular flexibility index (Phi) is 9.13. The maximum absolute atomic E-state index is 14.1. The van der Waals surface area contributed by atoms with Gasteiger partial charge >= 0.3 is 6.09 Å². The van der Waals surface area contributed by atoms with E-state index in [0.717, 1.165) is 21.9 Å². The SMILES string of the molecule is CCNC(=O)[C@]1(Cc2ccccc2)CCCN(C(=O)C(Cc2ccc3ccccc3c2)NC(=O)OC(C)(C)C)C1. The fraction of sp³-hybridized carbons (Fsp3) is 0.424. The van der Waals surface area contributed by atoms with Crippen LogP contribution in [-0.2, 0) is 27.2 Å². The Bertz CT molecular complexity index is 1330. The van der Waals surface area contributed by atoms with Crippen molar-refractivity contribution in [2.45, 2.75) is 65.0 Å². The fourth-order valence-corrected chi connectivity index (χ4v) is 5.54. The summed E-state index contributed by atoms with van der Waals surface area (Å²) in [5.41, 5.74) is 0.548. The van der Waals surface area contributed by atoms with Gasteiger partial charge in [0.15, 0.2) is 0 Å². The van der Waals surface area contributed by atoms with Gasteiger partial charge in [0.2, 0.25) is 11.8 Å². The Labute approximate surface area is 237 Å². The number of nitrogens with one attached hydrogen (secondary N) is 2. The molecular weight excluding hydrogens is 502 g/mol. The molecule has 40 heavy (non-hydrogen) atoms. The van der Waals surface area contributed by atoms with Crippen molar-refractivity contribution in [3.05, 3.63) is 83.9 Å². The standard InChI is InChI=1S/C33H41N3O4/c1-5-34-30(38)33(22-24-12-7-6-8-13-24)18-11-19-36(23-33)29(37)28(35-31(39)40-32(2,3)4)21-25-16-17-26-14-9-10-15-27(26)20-25/h6-10,12-17,20,28H,5,11,18-19,21-23H2,1-4H3,(H,34,38)(H,35,39)/t28?,33-/m0/s1. The molecule has 1 aliphatic heterocycles. The van der Waals surface area contributed by atoms with E-state index in [4.69, 9.17) is 4.74 Å². The molecule has 1 unspecified atom stereocenters. The Morgan fingerprint density at radius 2 is 1.65 bits per heavy atom. The van der Waals surface area contributed by atoms with Crippen LogP contribution in [0.2, 0.25) is 0 Å². The maximum Gasteiger partial charge on any atom is 0.408 e. The minimum absolute atomic E-state index is 0.0393. The number of benzene rings is 3. The zero-order valence-corrected chi connectivity index (χ0v) is 24.0. The van der Waals surface area contributed by atoms with Gasteiger partial charge in [-0.25, -0.2) is 4.79 Å². The van der Waals surface area contributed by atoms with Crippen molar-refractivity contribution in [2.24, 2.45) is 5.41 Å². The van der Waals surface area contributed by atoms with Gasteiger partial charge in [-0.05, 0) is 68.9 Å². The number of alkyl carbamates (subject to hydrolysis) is 1. The molecule has 2 N–H and O–H groups in total. The van der Waals surface area contributed by atoms with E-state index in [1.165, 1.54) is 0 Å². The molecule has 0 spiro atoms. The van der Waals surface area contributed by atoms with Crippen LogP contribution in [0.15, 0.2) is 72.8 Å². The van der Waals surface area contributed by atoms with Crippen LogP contribution in [0, 0.1) is 5.41 Å². The van der Waals surface area contributed by atoms with Crippen molar-refractivity contribution in [1.29, 1.82) is 0 Å². The molecule has 3 amide bonds. The van der Waals surface area contributed by atoms with Crippen LogP contribution in [0.1, 0.15) is 51.7 Å². The van der Waals surface area contributed by atoms with Gasteiger partial charge in [-0.1, -0.05) is 72.8 Å². The number of fused-ring (bicyclic) bond motifs is 1. The van der Waals surface area contributed by atoms with Crippen LogP contribution >= 0.6 is 0 Å². The van der Waals surface area contributed by atoms with Crippen molar-refractivity contribution >= 4 is 28.7 Å². The molecule has 0 radical (unpaired) electrons. The van der Waals surface area contributed by atoms with E-state index >= 15 is 0 Å². The number of rotatable bonds is 8. The van der Waals surface area contributed by atoms with Gasteiger partial charge in [0, 0.05) is 26.1 Å². The first-order valence-electron chi connectivity index (χ1n) is 14.2. The Morgan fingerprint density at radius 1 is 0.950 bits per heavy atom. The zero-order valence-electron chi connectivity index (χ0n) is 24.0. The summed E-state index contributed by atoms with van der Waals surface area (Å²) in [5.74, 6) is -0.247. The highest BCUT2D eigenvalue weighted by atomic mass is 16.6. The molecule has 1 fully saturated rings. The lowest BCUT2D eigenvalue weighted by molar-refractivity contribution is -0.143. The lowest BCUT2D eigenvalue weighted by Crippen LogP contribution is -2.58. The van der Waals surface area contributed by atoms with Crippen molar-refractivity contribution in [1.82, 2.24) is 15.5 Å². The van der Waals surface area contributed by atoms with Crippen LogP contribution in [0.5, 0.6) is 0 Å².